The second kappa shape index (κ2) is 11.4. The van der Waals surface area contributed by atoms with E-state index in [9.17, 15) is 0 Å². The Hall–Kier alpha value is -1.70. The van der Waals surface area contributed by atoms with Gasteiger partial charge in [-0.25, -0.2) is 0 Å². The molecule has 0 amide bonds. The Morgan fingerprint density at radius 1 is 0.732 bits per heavy atom. The monoisotopic (exact) mass is 672 g/mol. The van der Waals surface area contributed by atoms with E-state index in [4.69, 9.17) is 17.0 Å². The Labute approximate surface area is 260 Å². The van der Waals surface area contributed by atoms with Gasteiger partial charge in [0.25, 0.3) is 0 Å². The van der Waals surface area contributed by atoms with E-state index in [0.29, 0.717) is 17.8 Å². The van der Waals surface area contributed by atoms with Crippen LogP contribution in [-0.2, 0) is 17.9 Å². The van der Waals surface area contributed by atoms with E-state index in [0.717, 1.165) is 6.42 Å². The molecule has 1 heterocycles. The van der Waals surface area contributed by atoms with Crippen LogP contribution in [0.3, 0.4) is 0 Å². The van der Waals surface area contributed by atoms with Crippen molar-refractivity contribution in [3.05, 3.63) is 107 Å². The van der Waals surface area contributed by atoms with Crippen LogP contribution in [0.5, 0.6) is 0 Å². The van der Waals surface area contributed by atoms with Crippen LogP contribution in [0.1, 0.15) is 85.7 Å². The fourth-order valence-corrected chi connectivity index (χ4v) is 24.1. The summed E-state index contributed by atoms with van der Waals surface area (Å²) < 4.78 is 1.42. The molecule has 0 radical (unpaired) electrons. The molecule has 0 fully saturated rings. The van der Waals surface area contributed by atoms with Crippen molar-refractivity contribution in [2.75, 3.05) is 0 Å². The van der Waals surface area contributed by atoms with E-state index < -0.39 is 27.4 Å². The molecule has 1 aliphatic heterocycles. The van der Waals surface area contributed by atoms with Crippen molar-refractivity contribution >= 4 is 46.3 Å². The summed E-state index contributed by atoms with van der Waals surface area (Å²) in [6.45, 7) is 13.9. The molecule has 0 spiro atoms. The number of hydrogen-bond acceptors (Lipinski definition) is 0. The van der Waals surface area contributed by atoms with Crippen LogP contribution in [-0.4, -0.2) is 9.52 Å². The minimum atomic E-state index is -4.03. The molecule has 0 saturated heterocycles. The minimum absolute atomic E-state index is 0.105. The second-order valence-electron chi connectivity index (χ2n) is 12.6. The molecule has 0 bridgehead atoms. The molecule has 0 aromatic heterocycles. The standard InChI is InChI=1S/C25H31.C12H9Si.2ClH.Zr/c1-7-18(6)20-14-19-12-13-22(17(4)5)25(24(19)15-20)23-11-9-8-10-21(23)16(2)3;1-3-7-11-9(5-1)10-6-2-4-8-12(10)13-11;;;/h8-18H,7H2,1-6H3;1-7H,13H2;2*1H;/q;;;;+2/p-2. The van der Waals surface area contributed by atoms with E-state index >= 15 is 0 Å². The summed E-state index contributed by atoms with van der Waals surface area (Å²) in [5, 5.41) is 3.01. The molecule has 2 atom stereocenters. The topological polar surface area (TPSA) is 0 Å². The van der Waals surface area contributed by atoms with Crippen LogP contribution in [0.25, 0.3) is 28.3 Å². The van der Waals surface area contributed by atoms with Gasteiger partial charge in [-0.1, -0.05) is 0 Å². The van der Waals surface area contributed by atoms with E-state index in [1.54, 1.807) is 0 Å². The first kappa shape index (κ1) is 29.4. The zero-order valence-corrected chi connectivity index (χ0v) is 30.4. The molecular formula is C37H40Cl2SiZr. The van der Waals surface area contributed by atoms with Gasteiger partial charge in [-0.3, -0.25) is 0 Å². The van der Waals surface area contributed by atoms with Crippen molar-refractivity contribution in [3.8, 4) is 22.3 Å². The molecule has 4 aromatic rings. The first-order chi connectivity index (χ1) is 19.6. The molecule has 41 heavy (non-hydrogen) atoms. The van der Waals surface area contributed by atoms with Gasteiger partial charge in [0.2, 0.25) is 0 Å². The third-order valence-electron chi connectivity index (χ3n) is 9.49. The van der Waals surface area contributed by atoms with Gasteiger partial charge in [-0.15, -0.1) is 0 Å². The Morgan fingerprint density at radius 2 is 1.39 bits per heavy atom. The molecule has 6 rings (SSSR count). The normalized spacial score (nSPS) is 17.1. The van der Waals surface area contributed by atoms with Gasteiger partial charge < -0.3 is 0 Å². The van der Waals surface area contributed by atoms with Crippen LogP contribution < -0.4 is 13.6 Å². The maximum atomic E-state index is 7.96. The van der Waals surface area contributed by atoms with Crippen LogP contribution in [0, 0.1) is 5.92 Å². The molecule has 2 unspecified atom stereocenters. The number of fused-ring (bicyclic) bond motifs is 4. The SMILES string of the molecule is CCC(C)C1=Cc2c(ccc(C(C)C)c2-c2ccccc2C(C)C)[CH]1[Zr]([Cl])([Cl])[c]1cccc2c1[SiH2]c1ccccc1-2. The average Bonchev–Trinajstić information content (AvgIpc) is 3.55. The number of hydrogen-bond donors (Lipinski definition) is 0. The number of allylic oxidation sites excluding steroid dienone is 1. The summed E-state index contributed by atoms with van der Waals surface area (Å²) in [6.07, 6.45) is 3.59. The molecular weight excluding hydrogens is 635 g/mol. The molecule has 4 aromatic carbocycles. The van der Waals surface area contributed by atoms with Gasteiger partial charge >= 0.3 is 262 Å². The summed E-state index contributed by atoms with van der Waals surface area (Å²) in [6, 6.07) is 29.5. The van der Waals surface area contributed by atoms with Gasteiger partial charge in [-0.2, -0.15) is 0 Å². The number of rotatable bonds is 7. The van der Waals surface area contributed by atoms with Crippen LogP contribution in [0.4, 0.5) is 0 Å². The Balaban J connectivity index is 1.59. The van der Waals surface area contributed by atoms with Crippen molar-refractivity contribution in [3.63, 3.8) is 0 Å². The fourth-order valence-electron chi connectivity index (χ4n) is 7.19. The van der Waals surface area contributed by atoms with Crippen LogP contribution >= 0.6 is 17.0 Å². The zero-order chi connectivity index (χ0) is 29.1. The summed E-state index contributed by atoms with van der Waals surface area (Å²) in [5.41, 5.74) is 12.5. The van der Waals surface area contributed by atoms with Crippen molar-refractivity contribution < 1.29 is 17.9 Å². The third kappa shape index (κ3) is 4.92. The Morgan fingerprint density at radius 3 is 2.10 bits per heavy atom. The quantitative estimate of drug-likeness (QED) is 0.151. The predicted molar refractivity (Wildman–Crippen MR) is 181 cm³/mol. The predicted octanol–water partition coefficient (Wildman–Crippen LogP) is 8.97. The van der Waals surface area contributed by atoms with Crippen molar-refractivity contribution in [1.82, 2.24) is 0 Å². The van der Waals surface area contributed by atoms with Crippen molar-refractivity contribution in [2.24, 2.45) is 5.92 Å². The van der Waals surface area contributed by atoms with Crippen molar-refractivity contribution in [1.29, 1.82) is 0 Å². The molecule has 0 N–H and O–H groups in total. The molecule has 210 valence electrons. The van der Waals surface area contributed by atoms with E-state index in [2.05, 4.69) is 126 Å². The molecule has 0 nitrogen and oxygen atoms in total. The van der Waals surface area contributed by atoms with Gasteiger partial charge in [0, 0.05) is 0 Å². The maximum absolute atomic E-state index is 7.96. The van der Waals surface area contributed by atoms with Gasteiger partial charge in [-0.05, 0) is 0 Å². The Bertz CT molecular complexity index is 1670. The molecule has 2 aliphatic rings. The fraction of sp³-hybridized carbons (Fsp3) is 0.297. The average molecular weight is 675 g/mol. The first-order valence-corrected chi connectivity index (χ1v) is 25.6. The van der Waals surface area contributed by atoms with E-state index in [-0.39, 0.29) is 3.63 Å². The first-order valence-electron chi connectivity index (χ1n) is 15.2. The molecule has 4 heteroatoms. The Kier molecular flexibility index (Phi) is 8.18. The number of halogens is 2. The summed E-state index contributed by atoms with van der Waals surface area (Å²) in [7, 11) is 15.3. The van der Waals surface area contributed by atoms with Crippen LogP contribution in [0.15, 0.2) is 84.4 Å². The van der Waals surface area contributed by atoms with Gasteiger partial charge in [0.05, 0.1) is 0 Å². The summed E-state index contributed by atoms with van der Waals surface area (Å²) >= 11 is -4.03. The molecule has 0 saturated carbocycles. The van der Waals surface area contributed by atoms with Crippen LogP contribution in [0.2, 0.25) is 0 Å². The van der Waals surface area contributed by atoms with Gasteiger partial charge in [0.1, 0.15) is 0 Å². The van der Waals surface area contributed by atoms with E-state index in [1.807, 2.05) is 0 Å². The summed E-state index contributed by atoms with van der Waals surface area (Å²) in [5.74, 6) is 1.27. The zero-order valence-electron chi connectivity index (χ0n) is 25.1. The summed E-state index contributed by atoms with van der Waals surface area (Å²) in [4.78, 5) is 0. The van der Waals surface area contributed by atoms with E-state index in [1.165, 1.54) is 63.7 Å². The second-order valence-corrected chi connectivity index (χ2v) is 28.4. The molecule has 1 aliphatic carbocycles. The third-order valence-corrected chi connectivity index (χ3v) is 23.8. The van der Waals surface area contributed by atoms with Gasteiger partial charge in [0.15, 0.2) is 0 Å². The van der Waals surface area contributed by atoms with Crippen molar-refractivity contribution in [2.45, 2.75) is 63.4 Å². The number of benzene rings is 4.